The number of nitrogens with zero attached hydrogens (tertiary/aromatic N) is 2. The summed E-state index contributed by atoms with van der Waals surface area (Å²) in [5.74, 6) is -1.26. The van der Waals surface area contributed by atoms with E-state index < -0.39 is 36.1 Å². The summed E-state index contributed by atoms with van der Waals surface area (Å²) in [6, 6.07) is 10.5. The van der Waals surface area contributed by atoms with Crippen molar-refractivity contribution < 1.29 is 39.1 Å². The zero-order valence-electron chi connectivity index (χ0n) is 21.2. The Morgan fingerprint density at radius 3 is 2.29 bits per heavy atom. The number of aromatic hydroxyl groups is 1. The first kappa shape index (κ1) is 29.5. The van der Waals surface area contributed by atoms with Crippen LogP contribution in [0.2, 0.25) is 0 Å². The Bertz CT molecular complexity index is 1040. The molecule has 2 aromatic rings. The molecule has 0 radical (unpaired) electrons. The van der Waals surface area contributed by atoms with Gasteiger partial charge in [-0.1, -0.05) is 12.1 Å². The van der Waals surface area contributed by atoms with Crippen LogP contribution in [0, 0.1) is 5.82 Å². The second-order valence-electron chi connectivity index (χ2n) is 9.47. The number of amides is 2. The highest BCUT2D eigenvalue weighted by molar-refractivity contribution is 5.94. The Balaban J connectivity index is 1.79. The SMILES string of the molecule is N[C@@H](Cc1ccc(O)cc1)C(=O)N1CCCCOC[C@@H](O)[C@H](O)[C@@H](O)CN(C(=O)c2ccc(F)cc2)CC1. The number of aliphatic hydroxyl groups excluding tert-OH is 3. The molecule has 38 heavy (non-hydrogen) atoms. The molecule has 1 aliphatic rings. The van der Waals surface area contributed by atoms with Crippen LogP contribution in [-0.4, -0.2) is 106 Å². The first-order chi connectivity index (χ1) is 18.2. The number of carbonyl (C=O) groups is 2. The van der Waals surface area contributed by atoms with Gasteiger partial charge in [-0.2, -0.15) is 0 Å². The molecular weight excluding hydrogens is 497 g/mol. The molecule has 0 unspecified atom stereocenters. The van der Waals surface area contributed by atoms with Crippen molar-refractivity contribution in [3.8, 4) is 5.75 Å². The van der Waals surface area contributed by atoms with Crippen molar-refractivity contribution in [2.75, 3.05) is 39.4 Å². The number of ether oxygens (including phenoxy) is 1. The smallest absolute Gasteiger partial charge is 0.254 e. The van der Waals surface area contributed by atoms with Crippen LogP contribution in [0.3, 0.4) is 0 Å². The van der Waals surface area contributed by atoms with Gasteiger partial charge < -0.3 is 40.7 Å². The Labute approximate surface area is 221 Å². The van der Waals surface area contributed by atoms with Crippen molar-refractivity contribution in [1.82, 2.24) is 9.80 Å². The van der Waals surface area contributed by atoms with Gasteiger partial charge in [0.15, 0.2) is 0 Å². The standard InChI is InChI=1S/C27H36FN3O7/c28-20-7-5-19(6-8-20)26(36)31-13-12-30(27(37)22(29)15-18-3-9-21(32)10-4-18)11-1-2-14-38-17-24(34)25(35)23(33)16-31/h3-10,22-25,32-35H,1-2,11-17,29H2/t22-,23-,24+,25+/m0/s1. The number of phenols is 1. The zero-order chi connectivity index (χ0) is 27.7. The molecular formula is C27H36FN3O7. The highest BCUT2D eigenvalue weighted by Gasteiger charge is 2.30. The molecule has 1 heterocycles. The van der Waals surface area contributed by atoms with E-state index in [-0.39, 0.29) is 56.5 Å². The molecule has 0 aromatic heterocycles. The molecule has 3 rings (SSSR count). The first-order valence-corrected chi connectivity index (χ1v) is 12.6. The van der Waals surface area contributed by atoms with Crippen LogP contribution < -0.4 is 5.73 Å². The minimum absolute atomic E-state index is 0.00422. The lowest BCUT2D eigenvalue weighted by molar-refractivity contribution is -0.133. The molecule has 11 heteroatoms. The van der Waals surface area contributed by atoms with E-state index in [1.54, 1.807) is 17.0 Å². The Hall–Kier alpha value is -3.09. The maximum atomic E-state index is 13.4. The lowest BCUT2D eigenvalue weighted by Gasteiger charge is -2.33. The van der Waals surface area contributed by atoms with Gasteiger partial charge in [0, 0.05) is 38.3 Å². The van der Waals surface area contributed by atoms with Gasteiger partial charge in [-0.25, -0.2) is 4.39 Å². The van der Waals surface area contributed by atoms with Gasteiger partial charge in [-0.15, -0.1) is 0 Å². The summed E-state index contributed by atoms with van der Waals surface area (Å²) < 4.78 is 18.8. The summed E-state index contributed by atoms with van der Waals surface area (Å²) in [5, 5.41) is 40.6. The minimum atomic E-state index is -1.57. The van der Waals surface area contributed by atoms with E-state index in [1.165, 1.54) is 29.2 Å². The molecule has 1 fully saturated rings. The predicted molar refractivity (Wildman–Crippen MR) is 137 cm³/mol. The van der Waals surface area contributed by atoms with E-state index in [0.29, 0.717) is 19.4 Å². The van der Waals surface area contributed by atoms with Crippen LogP contribution in [0.5, 0.6) is 5.75 Å². The van der Waals surface area contributed by atoms with Crippen LogP contribution in [0.1, 0.15) is 28.8 Å². The summed E-state index contributed by atoms with van der Waals surface area (Å²) in [7, 11) is 0. The number of aliphatic hydroxyl groups is 3. The number of benzene rings is 2. The van der Waals surface area contributed by atoms with Crippen molar-refractivity contribution in [2.45, 2.75) is 43.6 Å². The summed E-state index contributed by atoms with van der Waals surface area (Å²) in [4.78, 5) is 29.4. The summed E-state index contributed by atoms with van der Waals surface area (Å²) in [6.07, 6.45) is -3.03. The van der Waals surface area contributed by atoms with Gasteiger partial charge in [0.05, 0.1) is 12.6 Å². The molecule has 1 aliphatic heterocycles. The molecule has 6 N–H and O–H groups in total. The van der Waals surface area contributed by atoms with Crippen molar-refractivity contribution in [3.63, 3.8) is 0 Å². The zero-order valence-corrected chi connectivity index (χ0v) is 21.2. The van der Waals surface area contributed by atoms with Crippen molar-refractivity contribution in [3.05, 3.63) is 65.5 Å². The maximum Gasteiger partial charge on any atom is 0.254 e. The van der Waals surface area contributed by atoms with Gasteiger partial charge in [-0.3, -0.25) is 9.59 Å². The fraction of sp³-hybridized carbons (Fsp3) is 0.481. The lowest BCUT2D eigenvalue weighted by atomic mass is 10.0. The largest absolute Gasteiger partial charge is 0.508 e. The van der Waals surface area contributed by atoms with Crippen LogP contribution in [-0.2, 0) is 16.0 Å². The van der Waals surface area contributed by atoms with Gasteiger partial charge in [0.25, 0.3) is 5.91 Å². The number of hydrogen-bond acceptors (Lipinski definition) is 8. The molecule has 0 bridgehead atoms. The van der Waals surface area contributed by atoms with Crippen LogP contribution in [0.4, 0.5) is 4.39 Å². The maximum absolute atomic E-state index is 13.4. The molecule has 0 spiro atoms. The van der Waals surface area contributed by atoms with Crippen molar-refractivity contribution in [1.29, 1.82) is 0 Å². The van der Waals surface area contributed by atoms with E-state index in [1.807, 2.05) is 0 Å². The number of carbonyl (C=O) groups excluding carboxylic acids is 2. The van der Waals surface area contributed by atoms with Gasteiger partial charge in [0.2, 0.25) is 5.91 Å². The van der Waals surface area contributed by atoms with E-state index in [9.17, 15) is 34.4 Å². The summed E-state index contributed by atoms with van der Waals surface area (Å²) in [6.45, 7) is 0.195. The molecule has 1 saturated heterocycles. The van der Waals surface area contributed by atoms with E-state index in [2.05, 4.69) is 0 Å². The second kappa shape index (κ2) is 14.2. The summed E-state index contributed by atoms with van der Waals surface area (Å²) in [5.41, 5.74) is 7.19. The van der Waals surface area contributed by atoms with Crippen LogP contribution in [0.15, 0.2) is 48.5 Å². The molecule has 2 amide bonds. The number of rotatable bonds is 4. The first-order valence-electron chi connectivity index (χ1n) is 12.6. The molecule has 208 valence electrons. The number of halogens is 1. The fourth-order valence-electron chi connectivity index (χ4n) is 4.23. The Morgan fingerprint density at radius 2 is 1.61 bits per heavy atom. The molecule has 0 aliphatic carbocycles. The lowest BCUT2D eigenvalue weighted by Crippen LogP contribution is -2.51. The van der Waals surface area contributed by atoms with Crippen molar-refractivity contribution >= 4 is 11.8 Å². The average molecular weight is 534 g/mol. The third-order valence-electron chi connectivity index (χ3n) is 6.49. The second-order valence-corrected chi connectivity index (χ2v) is 9.47. The highest BCUT2D eigenvalue weighted by atomic mass is 19.1. The van der Waals surface area contributed by atoms with Gasteiger partial charge in [-0.05, 0) is 61.2 Å². The molecule has 2 aromatic carbocycles. The monoisotopic (exact) mass is 533 g/mol. The third-order valence-corrected chi connectivity index (χ3v) is 6.49. The van der Waals surface area contributed by atoms with Crippen LogP contribution >= 0.6 is 0 Å². The van der Waals surface area contributed by atoms with Crippen molar-refractivity contribution in [2.24, 2.45) is 5.73 Å². The number of nitrogens with two attached hydrogens (primary N) is 1. The van der Waals surface area contributed by atoms with E-state index in [4.69, 9.17) is 10.5 Å². The van der Waals surface area contributed by atoms with E-state index in [0.717, 1.165) is 17.7 Å². The average Bonchev–Trinajstić information content (AvgIpc) is 2.91. The number of β-amino-alcohol motifs (C(OH)–C–C–N with tert-alkyl or cyclic N) is 1. The molecule has 10 nitrogen and oxygen atoms in total. The predicted octanol–water partition coefficient (Wildman–Crippen LogP) is 0.265. The topological polar surface area (TPSA) is 157 Å². The van der Waals surface area contributed by atoms with Gasteiger partial charge in [0.1, 0.15) is 29.9 Å². The third kappa shape index (κ3) is 8.47. The Kier molecular flexibility index (Phi) is 11.0. The number of phenolic OH excluding ortho intramolecular Hbond substituents is 1. The minimum Gasteiger partial charge on any atom is -0.508 e. The Morgan fingerprint density at radius 1 is 0.947 bits per heavy atom. The van der Waals surface area contributed by atoms with Gasteiger partial charge >= 0.3 is 0 Å². The quantitative estimate of drug-likeness (QED) is 0.375. The van der Waals surface area contributed by atoms with Crippen LogP contribution in [0.25, 0.3) is 0 Å². The summed E-state index contributed by atoms with van der Waals surface area (Å²) >= 11 is 0. The molecule has 4 atom stereocenters. The highest BCUT2D eigenvalue weighted by Crippen LogP contribution is 2.14. The number of hydrogen-bond donors (Lipinski definition) is 5. The fourth-order valence-corrected chi connectivity index (χ4v) is 4.23. The normalized spacial score (nSPS) is 22.9. The van der Waals surface area contributed by atoms with E-state index >= 15 is 0 Å². The molecule has 0 saturated carbocycles.